The van der Waals surface area contributed by atoms with Crippen molar-refractivity contribution < 1.29 is 14.5 Å². The molecule has 1 saturated heterocycles. The van der Waals surface area contributed by atoms with Gasteiger partial charge in [-0.2, -0.15) is 0 Å². The van der Waals surface area contributed by atoms with Crippen LogP contribution in [0.15, 0.2) is 12.1 Å². The van der Waals surface area contributed by atoms with Crippen LogP contribution in [0, 0.1) is 0 Å². The fourth-order valence-electron chi connectivity index (χ4n) is 3.52. The zero-order valence-electron chi connectivity index (χ0n) is 13.4. The van der Waals surface area contributed by atoms with Gasteiger partial charge in [-0.3, -0.25) is 4.79 Å². The third-order valence-electron chi connectivity index (χ3n) is 4.89. The van der Waals surface area contributed by atoms with Crippen LogP contribution in [0.3, 0.4) is 0 Å². The second kappa shape index (κ2) is 6.79. The molecule has 2 heterocycles. The number of rotatable bonds is 5. The first-order chi connectivity index (χ1) is 11.0. The van der Waals surface area contributed by atoms with Crippen LogP contribution in [0.25, 0.3) is 0 Å². The third kappa shape index (κ3) is 3.39. The summed E-state index contributed by atoms with van der Waals surface area (Å²) in [6, 6.07) is 3.67. The van der Waals surface area contributed by atoms with Crippen molar-refractivity contribution in [1.29, 1.82) is 0 Å². The van der Waals surface area contributed by atoms with E-state index in [9.17, 15) is 9.59 Å². The molecule has 23 heavy (non-hydrogen) atoms. The van der Waals surface area contributed by atoms with E-state index < -0.39 is 5.54 Å². The van der Waals surface area contributed by atoms with Crippen LogP contribution in [0.1, 0.15) is 43.9 Å². The molecule has 126 valence electrons. The Morgan fingerprint density at radius 1 is 1.30 bits per heavy atom. The van der Waals surface area contributed by atoms with Gasteiger partial charge < -0.3 is 10.2 Å². The topological polar surface area (TPSA) is 53.9 Å². The SMILES string of the molecule is CC[NH+](Cc1ccc(Cl)s1)CN1C(=O)NC2(CCCCC2)C1=O. The number of amides is 3. The van der Waals surface area contributed by atoms with E-state index in [1.807, 2.05) is 12.1 Å². The van der Waals surface area contributed by atoms with Crippen molar-refractivity contribution in [2.75, 3.05) is 13.2 Å². The van der Waals surface area contributed by atoms with E-state index in [1.54, 1.807) is 11.3 Å². The smallest absolute Gasteiger partial charge is 0.323 e. The maximum absolute atomic E-state index is 12.8. The van der Waals surface area contributed by atoms with Gasteiger partial charge in [0.25, 0.3) is 5.91 Å². The maximum Gasteiger partial charge on any atom is 0.329 e. The standard InChI is InChI=1S/C16H22ClN3O2S/c1-2-19(10-12-6-7-13(17)23-12)11-20-14(21)16(18-15(20)22)8-4-3-5-9-16/h6-7H,2-5,8-11H2,1H3,(H,18,22)/p+1. The molecule has 1 spiro atoms. The number of thiophene rings is 1. The molecule has 1 aromatic rings. The number of hydrogen-bond donors (Lipinski definition) is 2. The first-order valence-electron chi connectivity index (χ1n) is 8.26. The Bertz CT molecular complexity index is 598. The Balaban J connectivity index is 1.68. The Morgan fingerprint density at radius 2 is 2.04 bits per heavy atom. The Kier molecular flexibility index (Phi) is 4.94. The molecule has 1 aliphatic carbocycles. The number of carbonyl (C=O) groups is 2. The van der Waals surface area contributed by atoms with E-state index in [1.165, 1.54) is 14.7 Å². The number of nitrogens with zero attached hydrogens (tertiary/aromatic N) is 1. The predicted molar refractivity (Wildman–Crippen MR) is 90.6 cm³/mol. The van der Waals surface area contributed by atoms with E-state index in [0.29, 0.717) is 6.67 Å². The molecular weight excluding hydrogens is 334 g/mol. The number of quaternary nitrogens is 1. The summed E-state index contributed by atoms with van der Waals surface area (Å²) < 4.78 is 0.770. The van der Waals surface area contributed by atoms with Gasteiger partial charge in [-0.05, 0) is 31.9 Å². The van der Waals surface area contributed by atoms with Crippen LogP contribution >= 0.6 is 22.9 Å². The maximum atomic E-state index is 12.8. The molecule has 2 aliphatic rings. The molecule has 0 bridgehead atoms. The minimum atomic E-state index is -0.625. The summed E-state index contributed by atoms with van der Waals surface area (Å²) in [6.07, 6.45) is 4.72. The minimum Gasteiger partial charge on any atom is -0.323 e. The quantitative estimate of drug-likeness (QED) is 0.793. The Morgan fingerprint density at radius 3 is 2.65 bits per heavy atom. The normalized spacial score (nSPS) is 21.7. The van der Waals surface area contributed by atoms with Gasteiger partial charge in [-0.15, -0.1) is 11.3 Å². The fraction of sp³-hybridized carbons (Fsp3) is 0.625. The summed E-state index contributed by atoms with van der Waals surface area (Å²) in [5.41, 5.74) is -0.625. The van der Waals surface area contributed by atoms with Gasteiger partial charge in [-0.25, -0.2) is 9.69 Å². The van der Waals surface area contributed by atoms with Crippen LogP contribution in [-0.2, 0) is 11.3 Å². The molecule has 1 unspecified atom stereocenters. The van der Waals surface area contributed by atoms with Crippen LogP contribution in [-0.4, -0.2) is 35.6 Å². The lowest BCUT2D eigenvalue weighted by atomic mass is 9.82. The molecule has 0 radical (unpaired) electrons. The van der Waals surface area contributed by atoms with Crippen molar-refractivity contribution >= 4 is 34.9 Å². The van der Waals surface area contributed by atoms with E-state index in [-0.39, 0.29) is 11.9 Å². The van der Waals surface area contributed by atoms with Crippen molar-refractivity contribution in [3.63, 3.8) is 0 Å². The van der Waals surface area contributed by atoms with Gasteiger partial charge in [-0.1, -0.05) is 30.9 Å². The highest BCUT2D eigenvalue weighted by Gasteiger charge is 2.52. The zero-order valence-corrected chi connectivity index (χ0v) is 14.9. The van der Waals surface area contributed by atoms with E-state index in [2.05, 4.69) is 12.2 Å². The van der Waals surface area contributed by atoms with Crippen LogP contribution < -0.4 is 10.2 Å². The lowest BCUT2D eigenvalue weighted by molar-refractivity contribution is -0.919. The summed E-state index contributed by atoms with van der Waals surface area (Å²) in [4.78, 5) is 28.9. The average Bonchev–Trinajstić information content (AvgIpc) is 3.04. The molecule has 7 heteroatoms. The molecule has 2 fully saturated rings. The first kappa shape index (κ1) is 16.7. The van der Waals surface area contributed by atoms with Crippen LogP contribution in [0.2, 0.25) is 4.34 Å². The van der Waals surface area contributed by atoms with Crippen molar-refractivity contribution in [3.8, 4) is 0 Å². The molecule has 1 atom stereocenters. The summed E-state index contributed by atoms with van der Waals surface area (Å²) in [5.74, 6) is -0.0302. The molecular formula is C16H23ClN3O2S+. The van der Waals surface area contributed by atoms with Gasteiger partial charge >= 0.3 is 6.03 Å². The second-order valence-electron chi connectivity index (χ2n) is 6.45. The number of hydrogen-bond acceptors (Lipinski definition) is 3. The number of carbonyl (C=O) groups excluding carboxylic acids is 2. The molecule has 0 aromatic carbocycles. The Labute approximate surface area is 145 Å². The molecule has 3 rings (SSSR count). The van der Waals surface area contributed by atoms with E-state index in [4.69, 9.17) is 11.6 Å². The van der Waals surface area contributed by atoms with Crippen molar-refractivity contribution in [2.45, 2.75) is 51.1 Å². The minimum absolute atomic E-state index is 0.0302. The Hall–Kier alpha value is -1.11. The summed E-state index contributed by atoms with van der Waals surface area (Å²) >= 11 is 7.53. The molecule has 1 aromatic heterocycles. The van der Waals surface area contributed by atoms with E-state index >= 15 is 0 Å². The number of nitrogens with one attached hydrogen (secondary N) is 2. The van der Waals surface area contributed by atoms with E-state index in [0.717, 1.165) is 49.5 Å². The number of halogens is 1. The number of urea groups is 1. The van der Waals surface area contributed by atoms with Gasteiger partial charge in [0.2, 0.25) is 0 Å². The highest BCUT2D eigenvalue weighted by molar-refractivity contribution is 7.16. The summed E-state index contributed by atoms with van der Waals surface area (Å²) in [6.45, 7) is 4.11. The largest absolute Gasteiger partial charge is 0.329 e. The van der Waals surface area contributed by atoms with Crippen molar-refractivity contribution in [3.05, 3.63) is 21.3 Å². The lowest BCUT2D eigenvalue weighted by Crippen LogP contribution is -3.12. The summed E-state index contributed by atoms with van der Waals surface area (Å²) in [7, 11) is 0. The zero-order chi connectivity index (χ0) is 16.4. The highest BCUT2D eigenvalue weighted by Crippen LogP contribution is 2.33. The van der Waals surface area contributed by atoms with Crippen molar-refractivity contribution in [2.24, 2.45) is 0 Å². The summed E-state index contributed by atoms with van der Waals surface area (Å²) in [5, 5.41) is 2.97. The monoisotopic (exact) mass is 356 g/mol. The van der Waals surface area contributed by atoms with Crippen LogP contribution in [0.4, 0.5) is 4.79 Å². The molecule has 3 amide bonds. The first-order valence-corrected chi connectivity index (χ1v) is 9.45. The highest BCUT2D eigenvalue weighted by atomic mass is 35.5. The lowest BCUT2D eigenvalue weighted by Gasteiger charge is -2.30. The van der Waals surface area contributed by atoms with Crippen LogP contribution in [0.5, 0.6) is 0 Å². The number of imide groups is 1. The molecule has 5 nitrogen and oxygen atoms in total. The molecule has 2 N–H and O–H groups in total. The van der Waals surface area contributed by atoms with Gasteiger partial charge in [0.05, 0.1) is 15.8 Å². The van der Waals surface area contributed by atoms with Gasteiger partial charge in [0.1, 0.15) is 12.1 Å². The van der Waals surface area contributed by atoms with Crippen molar-refractivity contribution in [1.82, 2.24) is 10.2 Å². The van der Waals surface area contributed by atoms with Gasteiger partial charge in [0, 0.05) is 0 Å². The molecule has 1 saturated carbocycles. The average molecular weight is 357 g/mol. The fourth-order valence-corrected chi connectivity index (χ4v) is 4.68. The molecule has 1 aliphatic heterocycles. The second-order valence-corrected chi connectivity index (χ2v) is 8.25. The third-order valence-corrected chi connectivity index (χ3v) is 6.12. The predicted octanol–water partition coefficient (Wildman–Crippen LogP) is 2.02. The van der Waals surface area contributed by atoms with Gasteiger partial charge in [0.15, 0.2) is 6.67 Å².